The van der Waals surface area contributed by atoms with Crippen molar-refractivity contribution in [1.82, 2.24) is 0 Å². The van der Waals surface area contributed by atoms with Gasteiger partial charge < -0.3 is 0 Å². The molecule has 74 valence electrons. The Morgan fingerprint density at radius 3 is 2.79 bits per heavy atom. The van der Waals surface area contributed by atoms with Crippen molar-refractivity contribution in [2.75, 3.05) is 0 Å². The van der Waals surface area contributed by atoms with Crippen LogP contribution in [0.1, 0.15) is 26.7 Å². The van der Waals surface area contributed by atoms with Gasteiger partial charge in [0.05, 0.1) is 0 Å². The van der Waals surface area contributed by atoms with Gasteiger partial charge in [0.2, 0.25) is 0 Å². The summed E-state index contributed by atoms with van der Waals surface area (Å²) in [5.41, 5.74) is 1.51. The standard InChI is InChI=1S/C13H15Cl/c1-9(2)11-7-3-5-10-6-4-8-12(14)13(10)11/h4-6,8-9H,3,7H2,1-2H3. The zero-order valence-electron chi connectivity index (χ0n) is 8.68. The molecule has 0 unspecified atom stereocenters. The number of hydrogen-bond acceptors (Lipinski definition) is 0. The topological polar surface area (TPSA) is 0 Å². The van der Waals surface area contributed by atoms with Crippen molar-refractivity contribution in [2.45, 2.75) is 26.7 Å². The zero-order valence-corrected chi connectivity index (χ0v) is 9.43. The van der Waals surface area contributed by atoms with E-state index >= 15 is 0 Å². The molecular formula is C13H15Cl. The first-order valence-electron chi connectivity index (χ1n) is 5.18. The molecule has 0 aliphatic heterocycles. The first-order valence-corrected chi connectivity index (χ1v) is 5.55. The minimum atomic E-state index is 0.599. The molecule has 0 radical (unpaired) electrons. The Bertz CT molecular complexity index is 455. The molecule has 0 saturated heterocycles. The monoisotopic (exact) mass is 206 g/mol. The van der Waals surface area contributed by atoms with Crippen LogP contribution in [0.2, 0.25) is 5.02 Å². The second-order valence-corrected chi connectivity index (χ2v) is 4.53. The average Bonchev–Trinajstić information content (AvgIpc) is 2.17. The third-order valence-electron chi connectivity index (χ3n) is 2.84. The fourth-order valence-electron chi connectivity index (χ4n) is 2.14. The molecule has 0 saturated carbocycles. The Morgan fingerprint density at radius 2 is 2.07 bits per heavy atom. The van der Waals surface area contributed by atoms with Crippen molar-refractivity contribution >= 4 is 23.3 Å². The van der Waals surface area contributed by atoms with Gasteiger partial charge in [0.15, 0.2) is 0 Å². The molecule has 1 aliphatic carbocycles. The van der Waals surface area contributed by atoms with Gasteiger partial charge in [-0.15, -0.1) is 0 Å². The summed E-state index contributed by atoms with van der Waals surface area (Å²) in [7, 11) is 0. The van der Waals surface area contributed by atoms with E-state index in [1.807, 2.05) is 12.1 Å². The summed E-state index contributed by atoms with van der Waals surface area (Å²) < 4.78 is 0. The largest absolute Gasteiger partial charge is 0.0837 e. The predicted octanol–water partition coefficient (Wildman–Crippen LogP) is 2.72. The van der Waals surface area contributed by atoms with Gasteiger partial charge >= 0.3 is 0 Å². The lowest BCUT2D eigenvalue weighted by atomic mass is 9.91. The normalized spacial score (nSPS) is 15.3. The molecule has 0 heterocycles. The lowest BCUT2D eigenvalue weighted by Gasteiger charge is -2.15. The minimum Gasteiger partial charge on any atom is -0.0837 e. The van der Waals surface area contributed by atoms with Crippen LogP contribution < -0.4 is 10.4 Å². The third-order valence-corrected chi connectivity index (χ3v) is 3.16. The SMILES string of the molecule is CC(C)C1=c2c(Cl)cccc2=CCC1. The summed E-state index contributed by atoms with van der Waals surface area (Å²) in [4.78, 5) is 0. The van der Waals surface area contributed by atoms with Crippen LogP contribution in [0, 0.1) is 5.92 Å². The molecular weight excluding hydrogens is 192 g/mol. The molecule has 1 aromatic rings. The summed E-state index contributed by atoms with van der Waals surface area (Å²) in [6, 6.07) is 6.17. The highest BCUT2D eigenvalue weighted by atomic mass is 35.5. The fraction of sp³-hybridized carbons (Fsp3) is 0.385. The maximum atomic E-state index is 6.24. The van der Waals surface area contributed by atoms with Gasteiger partial charge in [-0.1, -0.05) is 49.2 Å². The van der Waals surface area contributed by atoms with Crippen LogP contribution in [0.3, 0.4) is 0 Å². The number of fused-ring (bicyclic) bond motifs is 1. The second-order valence-electron chi connectivity index (χ2n) is 4.13. The lowest BCUT2D eigenvalue weighted by molar-refractivity contribution is 0.797. The molecule has 0 atom stereocenters. The van der Waals surface area contributed by atoms with Gasteiger partial charge in [-0.2, -0.15) is 0 Å². The number of benzene rings is 1. The van der Waals surface area contributed by atoms with Crippen LogP contribution in [-0.2, 0) is 0 Å². The maximum absolute atomic E-state index is 6.24. The van der Waals surface area contributed by atoms with Gasteiger partial charge in [0.25, 0.3) is 0 Å². The summed E-state index contributed by atoms with van der Waals surface area (Å²) >= 11 is 6.24. The molecule has 0 bridgehead atoms. The molecule has 14 heavy (non-hydrogen) atoms. The molecule has 0 amide bonds. The van der Waals surface area contributed by atoms with Gasteiger partial charge in [-0.3, -0.25) is 0 Å². The highest BCUT2D eigenvalue weighted by molar-refractivity contribution is 6.30. The van der Waals surface area contributed by atoms with Crippen molar-refractivity contribution in [3.8, 4) is 0 Å². The van der Waals surface area contributed by atoms with Gasteiger partial charge in [0.1, 0.15) is 0 Å². The van der Waals surface area contributed by atoms with Crippen LogP contribution in [0.25, 0.3) is 11.6 Å². The summed E-state index contributed by atoms with van der Waals surface area (Å²) in [6.07, 6.45) is 4.60. The van der Waals surface area contributed by atoms with E-state index < -0.39 is 0 Å². The summed E-state index contributed by atoms with van der Waals surface area (Å²) in [6.45, 7) is 4.49. The summed E-state index contributed by atoms with van der Waals surface area (Å²) in [5.74, 6) is 0.599. The first-order chi connectivity index (χ1) is 6.70. The number of rotatable bonds is 1. The lowest BCUT2D eigenvalue weighted by Crippen LogP contribution is -2.31. The van der Waals surface area contributed by atoms with Crippen LogP contribution in [-0.4, -0.2) is 0 Å². The Hall–Kier alpha value is -0.750. The molecule has 0 fully saturated rings. The molecule has 0 nitrogen and oxygen atoms in total. The van der Waals surface area contributed by atoms with E-state index in [4.69, 9.17) is 11.6 Å². The molecule has 1 aromatic carbocycles. The highest BCUT2D eigenvalue weighted by Gasteiger charge is 2.09. The predicted molar refractivity (Wildman–Crippen MR) is 62.6 cm³/mol. The van der Waals surface area contributed by atoms with E-state index in [1.165, 1.54) is 16.0 Å². The van der Waals surface area contributed by atoms with E-state index in [-0.39, 0.29) is 0 Å². The van der Waals surface area contributed by atoms with E-state index in [0.29, 0.717) is 5.92 Å². The molecule has 1 aliphatic rings. The average molecular weight is 207 g/mol. The molecule has 0 N–H and O–H groups in total. The van der Waals surface area contributed by atoms with Gasteiger partial charge in [0, 0.05) is 5.02 Å². The van der Waals surface area contributed by atoms with E-state index in [0.717, 1.165) is 17.9 Å². The van der Waals surface area contributed by atoms with Crippen molar-refractivity contribution in [3.63, 3.8) is 0 Å². The third kappa shape index (κ3) is 1.59. The van der Waals surface area contributed by atoms with Crippen LogP contribution in [0.15, 0.2) is 18.2 Å². The van der Waals surface area contributed by atoms with Crippen molar-refractivity contribution in [2.24, 2.45) is 5.92 Å². The van der Waals surface area contributed by atoms with Crippen molar-refractivity contribution < 1.29 is 0 Å². The van der Waals surface area contributed by atoms with Crippen molar-refractivity contribution in [1.29, 1.82) is 0 Å². The molecule has 1 heteroatoms. The van der Waals surface area contributed by atoms with Crippen LogP contribution >= 0.6 is 11.6 Å². The quantitative estimate of drug-likeness (QED) is 0.663. The smallest absolute Gasteiger partial charge is 0.0483 e. The molecule has 2 rings (SSSR count). The van der Waals surface area contributed by atoms with Crippen LogP contribution in [0.5, 0.6) is 0 Å². The maximum Gasteiger partial charge on any atom is 0.0483 e. The van der Waals surface area contributed by atoms with E-state index in [9.17, 15) is 0 Å². The van der Waals surface area contributed by atoms with Crippen molar-refractivity contribution in [3.05, 3.63) is 33.7 Å². The Morgan fingerprint density at radius 1 is 1.29 bits per heavy atom. The number of hydrogen-bond donors (Lipinski definition) is 0. The Balaban J connectivity index is 2.85. The molecule has 0 spiro atoms. The van der Waals surface area contributed by atoms with Crippen LogP contribution in [0.4, 0.5) is 0 Å². The second kappa shape index (κ2) is 3.78. The Kier molecular flexibility index (Phi) is 2.64. The van der Waals surface area contributed by atoms with Gasteiger partial charge in [-0.05, 0) is 35.3 Å². The van der Waals surface area contributed by atoms with E-state index in [1.54, 1.807) is 0 Å². The van der Waals surface area contributed by atoms with E-state index in [2.05, 4.69) is 26.0 Å². The highest BCUT2D eigenvalue weighted by Crippen LogP contribution is 2.18. The number of halogens is 1. The molecule has 0 aromatic heterocycles. The van der Waals surface area contributed by atoms with Gasteiger partial charge in [-0.25, -0.2) is 0 Å². The minimum absolute atomic E-state index is 0.599. The zero-order chi connectivity index (χ0) is 10.1. The Labute approximate surface area is 89.9 Å². The first kappa shape index (κ1) is 9.79. The fourth-order valence-corrected chi connectivity index (χ4v) is 2.44. The summed E-state index contributed by atoms with van der Waals surface area (Å²) in [5, 5.41) is 3.50.